The Kier molecular flexibility index (Phi) is 5.74. The molecule has 5 nitrogen and oxygen atoms in total. The highest BCUT2D eigenvalue weighted by Crippen LogP contribution is 2.24. The molecule has 5 heteroatoms. The Morgan fingerprint density at radius 3 is 2.76 bits per heavy atom. The smallest absolute Gasteiger partial charge is 0.272 e. The molecular weight excluding hydrogens is 360 g/mol. The van der Waals surface area contributed by atoms with Gasteiger partial charge in [-0.05, 0) is 56.4 Å². The lowest BCUT2D eigenvalue weighted by molar-refractivity contribution is 0.0596. The zero-order chi connectivity index (χ0) is 20.2. The molecule has 0 bridgehead atoms. The van der Waals surface area contributed by atoms with Gasteiger partial charge in [0.15, 0.2) is 0 Å². The second kappa shape index (κ2) is 8.60. The highest BCUT2D eigenvalue weighted by atomic mass is 16.2. The lowest BCUT2D eigenvalue weighted by Crippen LogP contribution is -2.44. The average Bonchev–Trinajstić information content (AvgIpc) is 2.77. The predicted octanol–water partition coefficient (Wildman–Crippen LogP) is 4.32. The molecule has 1 aliphatic rings. The molecule has 1 amide bonds. The number of nitrogens with zero attached hydrogens (tertiary/aromatic N) is 4. The average molecular weight is 389 g/mol. The van der Waals surface area contributed by atoms with Gasteiger partial charge in [0.05, 0.1) is 5.52 Å². The lowest BCUT2D eigenvalue weighted by Gasteiger charge is -2.35. The Morgan fingerprint density at radius 2 is 1.90 bits per heavy atom. The minimum absolute atomic E-state index is 0.0513. The van der Waals surface area contributed by atoms with Gasteiger partial charge in [0.1, 0.15) is 11.5 Å². The van der Waals surface area contributed by atoms with Crippen molar-refractivity contribution in [3.8, 4) is 0 Å². The summed E-state index contributed by atoms with van der Waals surface area (Å²) in [4.78, 5) is 26.7. The number of rotatable bonds is 5. The molecule has 0 N–H and O–H groups in total. The topological polar surface area (TPSA) is 49.3 Å². The fourth-order valence-electron chi connectivity index (χ4n) is 4.07. The number of piperidine rings is 1. The second-order valence-corrected chi connectivity index (χ2v) is 7.96. The van der Waals surface area contributed by atoms with E-state index in [1.165, 1.54) is 6.42 Å². The fourth-order valence-corrected chi connectivity index (χ4v) is 4.07. The zero-order valence-corrected chi connectivity index (χ0v) is 17.2. The Morgan fingerprint density at radius 1 is 1.03 bits per heavy atom. The highest BCUT2D eigenvalue weighted by molar-refractivity contribution is 5.95. The number of para-hydroxylation sites is 1. The normalized spacial score (nSPS) is 16.8. The summed E-state index contributed by atoms with van der Waals surface area (Å²) in [5, 5.41) is 1.06. The van der Waals surface area contributed by atoms with Crippen molar-refractivity contribution in [2.75, 3.05) is 25.5 Å². The number of amides is 1. The van der Waals surface area contributed by atoms with Gasteiger partial charge in [-0.15, -0.1) is 0 Å². The van der Waals surface area contributed by atoms with Crippen LogP contribution in [-0.4, -0.2) is 47.5 Å². The number of aromatic nitrogens is 2. The molecule has 0 aliphatic carbocycles. The third kappa shape index (κ3) is 4.39. The standard InChI is InChI=1S/C24H28N4O/c1-27(2)23-12-7-9-19(25-23)14-15-20-10-5-6-17-28(20)24(29)22-16-13-18-8-3-4-11-21(18)26-22/h3-4,7-9,11-13,16,20H,5-6,10,14-15,17H2,1-2H3. The van der Waals surface area contributed by atoms with Crippen molar-refractivity contribution in [3.05, 3.63) is 66.0 Å². The van der Waals surface area contributed by atoms with Crippen LogP contribution in [0, 0.1) is 0 Å². The summed E-state index contributed by atoms with van der Waals surface area (Å²) in [6.07, 6.45) is 5.09. The Bertz CT molecular complexity index is 1000. The molecule has 0 saturated carbocycles. The third-order valence-corrected chi connectivity index (χ3v) is 5.69. The third-order valence-electron chi connectivity index (χ3n) is 5.69. The van der Waals surface area contributed by atoms with E-state index in [1.54, 1.807) is 0 Å². The minimum atomic E-state index is 0.0513. The van der Waals surface area contributed by atoms with Crippen LogP contribution in [0.15, 0.2) is 54.6 Å². The van der Waals surface area contributed by atoms with Crippen LogP contribution < -0.4 is 4.90 Å². The summed E-state index contributed by atoms with van der Waals surface area (Å²) in [6.45, 7) is 0.809. The van der Waals surface area contributed by atoms with E-state index in [1.807, 2.05) is 66.4 Å². The van der Waals surface area contributed by atoms with E-state index < -0.39 is 0 Å². The molecule has 4 rings (SSSR count). The van der Waals surface area contributed by atoms with Gasteiger partial charge in [0, 0.05) is 37.8 Å². The van der Waals surface area contributed by atoms with Gasteiger partial charge in [-0.25, -0.2) is 9.97 Å². The maximum Gasteiger partial charge on any atom is 0.272 e. The number of carbonyl (C=O) groups excluding carboxylic acids is 1. The molecule has 2 aromatic heterocycles. The van der Waals surface area contributed by atoms with Crippen LogP contribution >= 0.6 is 0 Å². The molecule has 1 unspecified atom stereocenters. The number of fused-ring (bicyclic) bond motifs is 1. The van der Waals surface area contributed by atoms with Crippen LogP contribution in [0.3, 0.4) is 0 Å². The Hall–Kier alpha value is -2.95. The predicted molar refractivity (Wildman–Crippen MR) is 117 cm³/mol. The second-order valence-electron chi connectivity index (χ2n) is 7.96. The number of carbonyl (C=O) groups is 1. The summed E-state index contributed by atoms with van der Waals surface area (Å²) in [5.41, 5.74) is 2.50. The van der Waals surface area contributed by atoms with E-state index in [4.69, 9.17) is 4.98 Å². The van der Waals surface area contributed by atoms with E-state index in [9.17, 15) is 4.79 Å². The van der Waals surface area contributed by atoms with Crippen LogP contribution in [0.5, 0.6) is 0 Å². The zero-order valence-electron chi connectivity index (χ0n) is 17.2. The number of likely N-dealkylation sites (tertiary alicyclic amines) is 1. The minimum Gasteiger partial charge on any atom is -0.363 e. The first-order chi connectivity index (χ1) is 14.1. The van der Waals surface area contributed by atoms with Crippen molar-refractivity contribution < 1.29 is 4.79 Å². The van der Waals surface area contributed by atoms with E-state index in [-0.39, 0.29) is 11.9 Å². The van der Waals surface area contributed by atoms with Crippen LogP contribution in [-0.2, 0) is 6.42 Å². The van der Waals surface area contributed by atoms with Gasteiger partial charge in [0.25, 0.3) is 5.91 Å². The van der Waals surface area contributed by atoms with Crippen LogP contribution in [0.1, 0.15) is 41.9 Å². The molecule has 0 spiro atoms. The molecule has 1 aromatic carbocycles. The van der Waals surface area contributed by atoms with Gasteiger partial charge in [-0.1, -0.05) is 30.3 Å². The van der Waals surface area contributed by atoms with Crippen molar-refractivity contribution in [1.29, 1.82) is 0 Å². The first-order valence-electron chi connectivity index (χ1n) is 10.4. The monoisotopic (exact) mass is 388 g/mol. The Labute approximate surface area is 172 Å². The van der Waals surface area contributed by atoms with Crippen LogP contribution in [0.2, 0.25) is 0 Å². The molecule has 1 fully saturated rings. The van der Waals surface area contributed by atoms with Gasteiger partial charge >= 0.3 is 0 Å². The molecule has 1 aliphatic heterocycles. The maximum absolute atomic E-state index is 13.2. The van der Waals surface area contributed by atoms with E-state index >= 15 is 0 Å². The molecule has 1 saturated heterocycles. The van der Waals surface area contributed by atoms with Crippen LogP contribution in [0.4, 0.5) is 5.82 Å². The lowest BCUT2D eigenvalue weighted by atomic mass is 9.96. The summed E-state index contributed by atoms with van der Waals surface area (Å²) in [7, 11) is 4.01. The number of anilines is 1. The van der Waals surface area contributed by atoms with Crippen molar-refractivity contribution in [3.63, 3.8) is 0 Å². The largest absolute Gasteiger partial charge is 0.363 e. The van der Waals surface area contributed by atoms with Gasteiger partial charge in [-0.2, -0.15) is 0 Å². The highest BCUT2D eigenvalue weighted by Gasteiger charge is 2.28. The summed E-state index contributed by atoms with van der Waals surface area (Å²) in [5.74, 6) is 1.02. The quantitative estimate of drug-likeness (QED) is 0.653. The Balaban J connectivity index is 1.49. The van der Waals surface area contributed by atoms with E-state index in [0.717, 1.165) is 54.6 Å². The van der Waals surface area contributed by atoms with Gasteiger partial charge in [-0.3, -0.25) is 4.79 Å². The fraction of sp³-hybridized carbons (Fsp3) is 0.375. The molecular formula is C24H28N4O. The number of benzene rings is 1. The first kappa shape index (κ1) is 19.4. The summed E-state index contributed by atoms with van der Waals surface area (Å²) < 4.78 is 0. The van der Waals surface area contributed by atoms with Crippen molar-refractivity contribution in [1.82, 2.24) is 14.9 Å². The van der Waals surface area contributed by atoms with Crippen molar-refractivity contribution in [2.45, 2.75) is 38.1 Å². The van der Waals surface area contributed by atoms with E-state index in [2.05, 4.69) is 17.1 Å². The van der Waals surface area contributed by atoms with Crippen molar-refractivity contribution in [2.24, 2.45) is 0 Å². The summed E-state index contributed by atoms with van der Waals surface area (Å²) in [6, 6.07) is 18.2. The van der Waals surface area contributed by atoms with Crippen LogP contribution in [0.25, 0.3) is 10.9 Å². The summed E-state index contributed by atoms with van der Waals surface area (Å²) >= 11 is 0. The number of hydrogen-bond acceptors (Lipinski definition) is 4. The number of hydrogen-bond donors (Lipinski definition) is 0. The maximum atomic E-state index is 13.2. The van der Waals surface area contributed by atoms with Crippen molar-refractivity contribution >= 4 is 22.6 Å². The number of pyridine rings is 2. The molecule has 3 aromatic rings. The SMILES string of the molecule is CN(C)c1cccc(CCC2CCCCN2C(=O)c2ccc3ccccc3n2)n1. The molecule has 1 atom stereocenters. The molecule has 0 radical (unpaired) electrons. The molecule has 29 heavy (non-hydrogen) atoms. The van der Waals surface area contributed by atoms with Gasteiger partial charge < -0.3 is 9.80 Å². The molecule has 3 heterocycles. The number of aryl methyl sites for hydroxylation is 1. The molecule has 150 valence electrons. The first-order valence-corrected chi connectivity index (χ1v) is 10.4. The van der Waals surface area contributed by atoms with E-state index in [0.29, 0.717) is 5.69 Å². The van der Waals surface area contributed by atoms with Gasteiger partial charge in [0.2, 0.25) is 0 Å².